The number of carbonyl (C=O) groups excluding carboxylic acids is 1. The zero-order valence-corrected chi connectivity index (χ0v) is 12.5. The van der Waals surface area contributed by atoms with E-state index < -0.39 is 29.5 Å². The van der Waals surface area contributed by atoms with Gasteiger partial charge >= 0.3 is 5.97 Å². The quantitative estimate of drug-likeness (QED) is 0.853. The second-order valence-electron chi connectivity index (χ2n) is 5.01. The highest BCUT2D eigenvalue weighted by Crippen LogP contribution is 2.28. The lowest BCUT2D eigenvalue weighted by Gasteiger charge is -2.13. The van der Waals surface area contributed by atoms with Crippen LogP contribution < -0.4 is 5.73 Å². The van der Waals surface area contributed by atoms with Crippen molar-refractivity contribution in [3.8, 4) is 11.1 Å². The van der Waals surface area contributed by atoms with Gasteiger partial charge in [-0.2, -0.15) is 0 Å². The van der Waals surface area contributed by atoms with Gasteiger partial charge in [0.15, 0.2) is 0 Å². The molecule has 2 aromatic rings. The van der Waals surface area contributed by atoms with E-state index in [2.05, 4.69) is 0 Å². The standard InChI is InChI=1S/C17H16F3NO2/c1-2-23-17(22)9-16(21)11-5-10(6-13(19)7-11)14-4-3-12(18)8-15(14)20/h3-8,16H,2,9,21H2,1H3. The molecule has 0 aromatic heterocycles. The molecule has 2 aromatic carbocycles. The highest BCUT2D eigenvalue weighted by atomic mass is 19.1. The third-order valence-electron chi connectivity index (χ3n) is 3.28. The van der Waals surface area contributed by atoms with E-state index in [0.717, 1.165) is 18.2 Å². The average molecular weight is 323 g/mol. The second kappa shape index (κ2) is 7.28. The molecule has 0 radical (unpaired) electrons. The van der Waals surface area contributed by atoms with Crippen LogP contribution in [0.2, 0.25) is 0 Å². The third-order valence-corrected chi connectivity index (χ3v) is 3.28. The van der Waals surface area contributed by atoms with Crippen LogP contribution in [0.15, 0.2) is 36.4 Å². The van der Waals surface area contributed by atoms with E-state index in [1.165, 1.54) is 18.2 Å². The lowest BCUT2D eigenvalue weighted by atomic mass is 9.97. The van der Waals surface area contributed by atoms with Gasteiger partial charge in [0.1, 0.15) is 17.5 Å². The monoisotopic (exact) mass is 323 g/mol. The van der Waals surface area contributed by atoms with Crippen molar-refractivity contribution in [1.29, 1.82) is 0 Å². The summed E-state index contributed by atoms with van der Waals surface area (Å²) in [5, 5.41) is 0. The Labute approximate surface area is 131 Å². The predicted molar refractivity (Wildman–Crippen MR) is 79.9 cm³/mol. The van der Waals surface area contributed by atoms with Crippen molar-refractivity contribution < 1.29 is 22.7 Å². The maximum absolute atomic E-state index is 13.8. The van der Waals surface area contributed by atoms with E-state index >= 15 is 0 Å². The van der Waals surface area contributed by atoms with Crippen LogP contribution in [0.25, 0.3) is 11.1 Å². The highest BCUT2D eigenvalue weighted by molar-refractivity contribution is 5.71. The summed E-state index contributed by atoms with van der Waals surface area (Å²) in [5.41, 5.74) is 6.48. The fraction of sp³-hybridized carbons (Fsp3) is 0.235. The van der Waals surface area contributed by atoms with Gasteiger partial charge < -0.3 is 10.5 Å². The maximum Gasteiger partial charge on any atom is 0.307 e. The van der Waals surface area contributed by atoms with Crippen molar-refractivity contribution in [3.05, 3.63) is 59.4 Å². The first kappa shape index (κ1) is 17.0. The summed E-state index contributed by atoms with van der Waals surface area (Å²) < 4.78 is 45.4. The summed E-state index contributed by atoms with van der Waals surface area (Å²) in [5.74, 6) is -2.65. The van der Waals surface area contributed by atoms with E-state index in [1.807, 2.05) is 0 Å². The molecule has 0 saturated carbocycles. The van der Waals surface area contributed by atoms with Crippen LogP contribution in [0.5, 0.6) is 0 Å². The Morgan fingerprint density at radius 1 is 1.13 bits per heavy atom. The van der Waals surface area contributed by atoms with Crippen molar-refractivity contribution in [2.24, 2.45) is 5.73 Å². The molecule has 0 aliphatic carbocycles. The molecule has 23 heavy (non-hydrogen) atoms. The largest absolute Gasteiger partial charge is 0.466 e. The number of esters is 1. The number of hydrogen-bond donors (Lipinski definition) is 1. The first-order chi connectivity index (χ1) is 10.9. The summed E-state index contributed by atoms with van der Waals surface area (Å²) in [4.78, 5) is 11.5. The Morgan fingerprint density at radius 3 is 2.52 bits per heavy atom. The van der Waals surface area contributed by atoms with Crippen molar-refractivity contribution in [2.45, 2.75) is 19.4 Å². The smallest absolute Gasteiger partial charge is 0.307 e. The molecule has 6 heteroatoms. The van der Waals surface area contributed by atoms with Gasteiger partial charge in [0.25, 0.3) is 0 Å². The molecule has 0 fully saturated rings. The van der Waals surface area contributed by atoms with Crippen LogP contribution in [-0.4, -0.2) is 12.6 Å². The fourth-order valence-electron chi connectivity index (χ4n) is 2.22. The predicted octanol–water partition coefficient (Wildman–Crippen LogP) is 3.72. The number of rotatable bonds is 5. The van der Waals surface area contributed by atoms with Crippen LogP contribution >= 0.6 is 0 Å². The molecule has 0 saturated heterocycles. The molecule has 0 aliphatic heterocycles. The van der Waals surface area contributed by atoms with Gasteiger partial charge in [-0.05, 0) is 48.4 Å². The van der Waals surface area contributed by atoms with Crippen molar-refractivity contribution in [2.75, 3.05) is 6.61 Å². The molecular weight excluding hydrogens is 307 g/mol. The summed E-state index contributed by atoms with van der Waals surface area (Å²) in [7, 11) is 0. The van der Waals surface area contributed by atoms with Crippen molar-refractivity contribution in [3.63, 3.8) is 0 Å². The maximum atomic E-state index is 13.8. The number of halogens is 3. The van der Waals surface area contributed by atoms with Crippen molar-refractivity contribution >= 4 is 5.97 Å². The van der Waals surface area contributed by atoms with E-state index in [4.69, 9.17) is 10.5 Å². The van der Waals surface area contributed by atoms with Crippen LogP contribution in [-0.2, 0) is 9.53 Å². The number of hydrogen-bond acceptors (Lipinski definition) is 3. The van der Waals surface area contributed by atoms with Gasteiger partial charge in [-0.25, -0.2) is 13.2 Å². The highest BCUT2D eigenvalue weighted by Gasteiger charge is 2.16. The van der Waals surface area contributed by atoms with Gasteiger partial charge in [-0.3, -0.25) is 4.79 Å². The molecule has 0 aliphatic rings. The fourth-order valence-corrected chi connectivity index (χ4v) is 2.22. The molecule has 0 amide bonds. The minimum absolute atomic E-state index is 0.0514. The first-order valence-electron chi connectivity index (χ1n) is 7.07. The molecule has 0 heterocycles. The van der Waals surface area contributed by atoms with Crippen molar-refractivity contribution in [1.82, 2.24) is 0 Å². The van der Waals surface area contributed by atoms with Crippen LogP contribution in [0, 0.1) is 17.5 Å². The zero-order chi connectivity index (χ0) is 17.0. The van der Waals surface area contributed by atoms with Crippen LogP contribution in [0.3, 0.4) is 0 Å². The lowest BCUT2D eigenvalue weighted by Crippen LogP contribution is -2.17. The normalized spacial score (nSPS) is 12.0. The second-order valence-corrected chi connectivity index (χ2v) is 5.01. The Balaban J connectivity index is 2.33. The SMILES string of the molecule is CCOC(=O)CC(N)c1cc(F)cc(-c2ccc(F)cc2F)c1. The Hall–Kier alpha value is -2.34. The summed E-state index contributed by atoms with van der Waals surface area (Å²) in [6, 6.07) is 6.02. The number of nitrogens with two attached hydrogens (primary N) is 1. The third kappa shape index (κ3) is 4.32. The molecule has 1 unspecified atom stereocenters. The molecule has 2 rings (SSSR count). The first-order valence-corrected chi connectivity index (χ1v) is 7.07. The van der Waals surface area contributed by atoms with E-state index in [1.54, 1.807) is 6.92 Å². The molecule has 2 N–H and O–H groups in total. The van der Waals surface area contributed by atoms with E-state index in [-0.39, 0.29) is 24.2 Å². The Bertz CT molecular complexity index is 719. The van der Waals surface area contributed by atoms with Crippen LogP contribution in [0.4, 0.5) is 13.2 Å². The molecule has 0 bridgehead atoms. The number of ether oxygens (including phenoxy) is 1. The summed E-state index contributed by atoms with van der Waals surface area (Å²) in [6.45, 7) is 1.89. The molecule has 3 nitrogen and oxygen atoms in total. The summed E-state index contributed by atoms with van der Waals surface area (Å²) >= 11 is 0. The van der Waals surface area contributed by atoms with E-state index in [0.29, 0.717) is 5.56 Å². The average Bonchev–Trinajstić information content (AvgIpc) is 2.46. The topological polar surface area (TPSA) is 52.3 Å². The molecule has 0 spiro atoms. The minimum atomic E-state index is -0.805. The summed E-state index contributed by atoms with van der Waals surface area (Å²) in [6.07, 6.45) is -0.122. The number of benzene rings is 2. The Kier molecular flexibility index (Phi) is 5.39. The van der Waals surface area contributed by atoms with Gasteiger partial charge in [0.2, 0.25) is 0 Å². The molecule has 122 valence electrons. The van der Waals surface area contributed by atoms with E-state index in [9.17, 15) is 18.0 Å². The van der Waals surface area contributed by atoms with Gasteiger partial charge in [0, 0.05) is 17.7 Å². The molecular formula is C17H16F3NO2. The minimum Gasteiger partial charge on any atom is -0.466 e. The number of carbonyl (C=O) groups is 1. The lowest BCUT2D eigenvalue weighted by molar-refractivity contribution is -0.143. The van der Waals surface area contributed by atoms with Gasteiger partial charge in [-0.1, -0.05) is 0 Å². The zero-order valence-electron chi connectivity index (χ0n) is 12.5. The molecule has 1 atom stereocenters. The van der Waals surface area contributed by atoms with Gasteiger partial charge in [0.05, 0.1) is 13.0 Å². The van der Waals surface area contributed by atoms with Crippen LogP contribution in [0.1, 0.15) is 24.9 Å². The van der Waals surface area contributed by atoms with Gasteiger partial charge in [-0.15, -0.1) is 0 Å². The Morgan fingerprint density at radius 2 is 1.87 bits per heavy atom.